The van der Waals surface area contributed by atoms with Gasteiger partial charge in [-0.15, -0.1) is 0 Å². The van der Waals surface area contributed by atoms with Crippen LogP contribution in [0.4, 0.5) is 11.4 Å². The number of nitrogens with one attached hydrogen (secondary N) is 1. The lowest BCUT2D eigenvalue weighted by Gasteiger charge is -2.34. The van der Waals surface area contributed by atoms with E-state index in [0.717, 1.165) is 48.7 Å². The molecule has 2 aromatic carbocycles. The average molecular weight is 630 g/mol. The van der Waals surface area contributed by atoms with Gasteiger partial charge in [0.25, 0.3) is 5.69 Å². The Morgan fingerprint density at radius 3 is 2.37 bits per heavy atom. The monoisotopic (exact) mass is 628 g/mol. The predicted molar refractivity (Wildman–Crippen MR) is 158 cm³/mol. The Hall–Kier alpha value is -3.09. The second-order valence-corrected chi connectivity index (χ2v) is 12.6. The van der Waals surface area contributed by atoms with Gasteiger partial charge in [0.1, 0.15) is 24.0 Å². The molecule has 0 aliphatic heterocycles. The summed E-state index contributed by atoms with van der Waals surface area (Å²) in [5.74, 6) is -1.01. The first-order chi connectivity index (χ1) is 19.3. The highest BCUT2D eigenvalue weighted by atomic mass is 35.5. The maximum Gasteiger partial charge on any atom is 0.271 e. The van der Waals surface area contributed by atoms with Crippen LogP contribution in [0, 0.1) is 10.1 Å². The molecule has 224 valence electrons. The van der Waals surface area contributed by atoms with E-state index in [0.29, 0.717) is 10.6 Å². The number of amides is 2. The number of methoxy groups -OCH3 is 1. The number of carbonyl (C=O) groups excluding carboxylic acids is 2. The third kappa shape index (κ3) is 8.46. The Labute approximate surface area is 249 Å². The van der Waals surface area contributed by atoms with Crippen LogP contribution in [0.5, 0.6) is 5.75 Å². The molecular weight excluding hydrogens is 595 g/mol. The van der Waals surface area contributed by atoms with Crippen molar-refractivity contribution in [2.45, 2.75) is 64.1 Å². The van der Waals surface area contributed by atoms with Gasteiger partial charge in [-0.3, -0.25) is 24.0 Å². The molecule has 11 nitrogen and oxygen atoms in total. The van der Waals surface area contributed by atoms with Crippen LogP contribution in [0.2, 0.25) is 10.0 Å². The lowest BCUT2D eigenvalue weighted by atomic mass is 9.95. The van der Waals surface area contributed by atoms with Crippen molar-refractivity contribution < 1.29 is 27.7 Å². The van der Waals surface area contributed by atoms with Crippen molar-refractivity contribution in [3.8, 4) is 5.75 Å². The second kappa shape index (κ2) is 14.2. The number of hydrogen-bond donors (Lipinski definition) is 1. The SMILES string of the molecule is CC[C@H](C(=O)NC1CCCCC1)N(Cc1ccc(Cl)c(Cl)c1)C(=O)CN(c1cc([N+](=O)[O-])ccc1OC)S(C)(=O)=O. The van der Waals surface area contributed by atoms with Crippen molar-refractivity contribution in [3.05, 3.63) is 62.1 Å². The maximum atomic E-state index is 14.0. The summed E-state index contributed by atoms with van der Waals surface area (Å²) in [5.41, 5.74) is 0.0232. The summed E-state index contributed by atoms with van der Waals surface area (Å²) in [7, 11) is -2.85. The van der Waals surface area contributed by atoms with Gasteiger partial charge in [0.05, 0.1) is 28.3 Å². The topological polar surface area (TPSA) is 139 Å². The number of ether oxygens (including phenoxy) is 1. The van der Waals surface area contributed by atoms with Crippen LogP contribution in [0.15, 0.2) is 36.4 Å². The first-order valence-electron chi connectivity index (χ1n) is 13.2. The zero-order chi connectivity index (χ0) is 30.3. The van der Waals surface area contributed by atoms with Crippen LogP contribution in [-0.4, -0.2) is 62.0 Å². The summed E-state index contributed by atoms with van der Waals surface area (Å²) in [4.78, 5) is 39.5. The van der Waals surface area contributed by atoms with Crippen LogP contribution in [0.1, 0.15) is 51.0 Å². The fourth-order valence-corrected chi connectivity index (χ4v) is 6.05. The summed E-state index contributed by atoms with van der Waals surface area (Å²) < 4.78 is 31.9. The lowest BCUT2D eigenvalue weighted by Crippen LogP contribution is -2.54. The van der Waals surface area contributed by atoms with Gasteiger partial charge in [-0.25, -0.2) is 8.42 Å². The zero-order valence-electron chi connectivity index (χ0n) is 23.1. The zero-order valence-corrected chi connectivity index (χ0v) is 25.5. The fourth-order valence-electron chi connectivity index (χ4n) is 4.88. The van der Waals surface area contributed by atoms with E-state index >= 15 is 0 Å². The van der Waals surface area contributed by atoms with E-state index in [-0.39, 0.29) is 47.1 Å². The molecular formula is C27H34Cl2N4O7S. The quantitative estimate of drug-likeness (QED) is 0.259. The van der Waals surface area contributed by atoms with Crippen molar-refractivity contribution in [3.63, 3.8) is 0 Å². The Morgan fingerprint density at radius 1 is 1.12 bits per heavy atom. The summed E-state index contributed by atoms with van der Waals surface area (Å²) >= 11 is 12.3. The molecule has 1 aliphatic rings. The molecule has 1 atom stereocenters. The molecule has 3 rings (SSSR count). The molecule has 41 heavy (non-hydrogen) atoms. The average Bonchev–Trinajstić information content (AvgIpc) is 2.92. The minimum atomic E-state index is -4.14. The summed E-state index contributed by atoms with van der Waals surface area (Å²) in [5, 5.41) is 15.1. The molecule has 0 bridgehead atoms. The van der Waals surface area contributed by atoms with Gasteiger partial charge in [0, 0.05) is 24.7 Å². The molecule has 2 amide bonds. The van der Waals surface area contributed by atoms with E-state index in [9.17, 15) is 28.1 Å². The third-order valence-corrected chi connectivity index (χ3v) is 8.86. The number of nitro benzene ring substituents is 1. The highest BCUT2D eigenvalue weighted by Gasteiger charge is 2.34. The number of sulfonamides is 1. The predicted octanol–water partition coefficient (Wildman–Crippen LogP) is 4.93. The van der Waals surface area contributed by atoms with Crippen molar-refractivity contribution in [1.29, 1.82) is 0 Å². The minimum absolute atomic E-state index is 0.00567. The summed E-state index contributed by atoms with van der Waals surface area (Å²) in [6, 6.07) is 7.35. The standard InChI is InChI=1S/C27H34Cl2N4O7S/c1-4-23(27(35)30-19-8-6-5-7-9-19)31(16-18-10-12-21(28)22(29)14-18)26(34)17-32(41(3,38)39)24-15-20(33(36)37)11-13-25(24)40-2/h10-15,19,23H,4-9,16-17H2,1-3H3,(H,30,35)/t23-/m1/s1. The number of nitro groups is 1. The Balaban J connectivity index is 2.01. The molecule has 2 aromatic rings. The van der Waals surface area contributed by atoms with Gasteiger partial charge < -0.3 is 15.0 Å². The van der Waals surface area contributed by atoms with Gasteiger partial charge in [-0.05, 0) is 43.0 Å². The molecule has 1 aliphatic carbocycles. The van der Waals surface area contributed by atoms with Gasteiger partial charge in [-0.1, -0.05) is 55.5 Å². The number of benzene rings is 2. The molecule has 1 fully saturated rings. The number of carbonyl (C=O) groups is 2. The number of nitrogens with zero attached hydrogens (tertiary/aromatic N) is 3. The molecule has 0 radical (unpaired) electrons. The van der Waals surface area contributed by atoms with Crippen LogP contribution in [-0.2, 0) is 26.2 Å². The van der Waals surface area contributed by atoms with Crippen molar-refractivity contribution in [2.24, 2.45) is 0 Å². The molecule has 1 N–H and O–H groups in total. The van der Waals surface area contributed by atoms with Crippen molar-refractivity contribution in [2.75, 3.05) is 24.2 Å². The van der Waals surface area contributed by atoms with E-state index in [1.54, 1.807) is 25.1 Å². The Kier molecular flexibility index (Phi) is 11.2. The first-order valence-corrected chi connectivity index (χ1v) is 15.8. The minimum Gasteiger partial charge on any atom is -0.495 e. The highest BCUT2D eigenvalue weighted by Crippen LogP contribution is 2.34. The van der Waals surface area contributed by atoms with E-state index in [2.05, 4.69) is 5.32 Å². The summed E-state index contributed by atoms with van der Waals surface area (Å²) in [6.45, 7) is 0.971. The second-order valence-electron chi connectivity index (χ2n) is 9.92. The molecule has 0 unspecified atom stereocenters. The number of non-ortho nitro benzene ring substituents is 1. The van der Waals surface area contributed by atoms with Gasteiger partial charge in [0.15, 0.2) is 0 Å². The number of rotatable bonds is 12. The highest BCUT2D eigenvalue weighted by molar-refractivity contribution is 7.92. The lowest BCUT2D eigenvalue weighted by molar-refractivity contribution is -0.384. The van der Waals surface area contributed by atoms with Crippen molar-refractivity contribution in [1.82, 2.24) is 10.2 Å². The van der Waals surface area contributed by atoms with E-state index < -0.39 is 33.4 Å². The molecule has 14 heteroatoms. The van der Waals surface area contributed by atoms with E-state index in [4.69, 9.17) is 27.9 Å². The van der Waals surface area contributed by atoms with Crippen molar-refractivity contribution >= 4 is 56.4 Å². The summed E-state index contributed by atoms with van der Waals surface area (Å²) in [6.07, 6.45) is 5.94. The molecule has 0 aromatic heterocycles. The maximum absolute atomic E-state index is 14.0. The number of halogens is 2. The van der Waals surface area contributed by atoms with Crippen LogP contribution < -0.4 is 14.4 Å². The number of hydrogen-bond acceptors (Lipinski definition) is 7. The molecule has 0 heterocycles. The largest absolute Gasteiger partial charge is 0.495 e. The van der Waals surface area contributed by atoms with Gasteiger partial charge in [0.2, 0.25) is 21.8 Å². The van der Waals surface area contributed by atoms with Gasteiger partial charge >= 0.3 is 0 Å². The van der Waals surface area contributed by atoms with Crippen LogP contribution in [0.25, 0.3) is 0 Å². The van der Waals surface area contributed by atoms with E-state index in [1.807, 2.05) is 0 Å². The smallest absolute Gasteiger partial charge is 0.271 e. The van der Waals surface area contributed by atoms with Gasteiger partial charge in [-0.2, -0.15) is 0 Å². The molecule has 1 saturated carbocycles. The first kappa shape index (κ1) is 32.4. The third-order valence-electron chi connectivity index (χ3n) is 7.00. The van der Waals surface area contributed by atoms with E-state index in [1.165, 1.54) is 24.1 Å². The van der Waals surface area contributed by atoms with Crippen LogP contribution in [0.3, 0.4) is 0 Å². The molecule has 0 saturated heterocycles. The van der Waals surface area contributed by atoms with Crippen LogP contribution >= 0.6 is 23.2 Å². The fraction of sp³-hybridized carbons (Fsp3) is 0.481. The molecule has 0 spiro atoms. The Bertz CT molecular complexity index is 1380. The number of anilines is 1. The Morgan fingerprint density at radius 2 is 1.80 bits per heavy atom. The normalized spacial score (nSPS) is 14.7.